The molecule has 0 bridgehead atoms. The molecule has 1 amide bonds. The lowest BCUT2D eigenvalue weighted by molar-refractivity contribution is 0.102. The highest BCUT2D eigenvalue weighted by Crippen LogP contribution is 2.22. The number of carbonyl (C=O) groups is 1. The lowest BCUT2D eigenvalue weighted by Gasteiger charge is -2.28. The van der Waals surface area contributed by atoms with Crippen LogP contribution in [0.2, 0.25) is 0 Å². The monoisotopic (exact) mass is 378 g/mol. The number of halogens is 1. The highest BCUT2D eigenvalue weighted by Gasteiger charge is 2.18. The molecule has 6 nitrogen and oxygen atoms in total. The molecule has 1 fully saturated rings. The van der Waals surface area contributed by atoms with Crippen molar-refractivity contribution in [1.29, 1.82) is 0 Å². The first-order valence-corrected chi connectivity index (χ1v) is 9.03. The van der Waals surface area contributed by atoms with Crippen LogP contribution in [0.1, 0.15) is 10.5 Å². The zero-order valence-electron chi connectivity index (χ0n) is 15.1. The fourth-order valence-electron chi connectivity index (χ4n) is 2.95. The Labute approximate surface area is 162 Å². The molecule has 1 aliphatic rings. The van der Waals surface area contributed by atoms with Gasteiger partial charge in [0.25, 0.3) is 5.91 Å². The van der Waals surface area contributed by atoms with Gasteiger partial charge in [0, 0.05) is 30.4 Å². The van der Waals surface area contributed by atoms with E-state index < -0.39 is 0 Å². The van der Waals surface area contributed by atoms with Crippen LogP contribution < -0.4 is 10.2 Å². The summed E-state index contributed by atoms with van der Waals surface area (Å²) in [6, 6.07) is 16.8. The van der Waals surface area contributed by atoms with Crippen LogP contribution in [0.5, 0.6) is 0 Å². The van der Waals surface area contributed by atoms with Crippen molar-refractivity contribution in [3.05, 3.63) is 72.2 Å². The normalized spacial score (nSPS) is 14.0. The first-order valence-electron chi connectivity index (χ1n) is 9.03. The predicted octanol–water partition coefficient (Wildman–Crippen LogP) is 3.37. The smallest absolute Gasteiger partial charge is 0.274 e. The summed E-state index contributed by atoms with van der Waals surface area (Å²) in [7, 11) is 0. The van der Waals surface area contributed by atoms with Crippen LogP contribution in [0.4, 0.5) is 15.9 Å². The molecule has 0 spiro atoms. The molecule has 2 heterocycles. The van der Waals surface area contributed by atoms with E-state index in [9.17, 15) is 9.18 Å². The van der Waals surface area contributed by atoms with E-state index in [1.807, 2.05) is 30.3 Å². The molecular weight excluding hydrogens is 359 g/mol. The summed E-state index contributed by atoms with van der Waals surface area (Å²) in [6.07, 6.45) is 0. The standard InChI is InChI=1S/C21H19FN4O2/c22-16-6-8-17(9-7-16)23-21(27)18-14-19(26-10-12-28-13-11-26)25-20(24-18)15-4-2-1-3-5-15/h1-9,14H,10-13H2,(H,23,27). The van der Waals surface area contributed by atoms with Crippen molar-refractivity contribution in [3.63, 3.8) is 0 Å². The Hall–Kier alpha value is -3.32. The van der Waals surface area contributed by atoms with E-state index in [0.29, 0.717) is 43.6 Å². The average Bonchev–Trinajstić information content (AvgIpc) is 2.76. The van der Waals surface area contributed by atoms with Crippen molar-refractivity contribution in [3.8, 4) is 11.4 Å². The van der Waals surface area contributed by atoms with E-state index in [0.717, 1.165) is 5.56 Å². The number of aromatic nitrogens is 2. The number of ether oxygens (including phenoxy) is 1. The molecule has 1 aromatic heterocycles. The van der Waals surface area contributed by atoms with E-state index in [4.69, 9.17) is 4.74 Å². The van der Waals surface area contributed by atoms with Crippen LogP contribution >= 0.6 is 0 Å². The maximum Gasteiger partial charge on any atom is 0.274 e. The van der Waals surface area contributed by atoms with E-state index >= 15 is 0 Å². The van der Waals surface area contributed by atoms with Gasteiger partial charge in [-0.3, -0.25) is 4.79 Å². The quantitative estimate of drug-likeness (QED) is 0.754. The highest BCUT2D eigenvalue weighted by molar-refractivity contribution is 6.03. The van der Waals surface area contributed by atoms with E-state index in [1.165, 1.54) is 24.3 Å². The fourth-order valence-corrected chi connectivity index (χ4v) is 2.95. The minimum absolute atomic E-state index is 0.250. The van der Waals surface area contributed by atoms with Gasteiger partial charge in [-0.1, -0.05) is 30.3 Å². The molecule has 4 rings (SSSR count). The summed E-state index contributed by atoms with van der Waals surface area (Å²) in [4.78, 5) is 24.0. The third-order valence-electron chi connectivity index (χ3n) is 4.41. The zero-order valence-corrected chi connectivity index (χ0v) is 15.1. The van der Waals surface area contributed by atoms with Gasteiger partial charge in [0.05, 0.1) is 13.2 Å². The van der Waals surface area contributed by atoms with E-state index in [2.05, 4.69) is 20.2 Å². The number of hydrogen-bond acceptors (Lipinski definition) is 5. The molecule has 0 saturated carbocycles. The van der Waals surface area contributed by atoms with Crippen LogP contribution in [0.3, 0.4) is 0 Å². The Balaban J connectivity index is 1.68. The van der Waals surface area contributed by atoms with Gasteiger partial charge < -0.3 is 15.0 Å². The fraction of sp³-hybridized carbons (Fsp3) is 0.190. The molecule has 0 unspecified atom stereocenters. The number of rotatable bonds is 4. The van der Waals surface area contributed by atoms with Gasteiger partial charge >= 0.3 is 0 Å². The Bertz CT molecular complexity index is 958. The maximum atomic E-state index is 13.1. The second kappa shape index (κ2) is 8.14. The molecule has 0 aliphatic carbocycles. The molecule has 3 aromatic rings. The molecular formula is C21H19FN4O2. The van der Waals surface area contributed by atoms with Gasteiger partial charge in [0.1, 0.15) is 17.3 Å². The summed E-state index contributed by atoms with van der Waals surface area (Å²) in [6.45, 7) is 2.62. The Morgan fingerprint density at radius 1 is 1.00 bits per heavy atom. The molecule has 0 radical (unpaired) electrons. The van der Waals surface area contributed by atoms with Crippen molar-refractivity contribution in [2.24, 2.45) is 0 Å². The molecule has 142 valence electrons. The summed E-state index contributed by atoms with van der Waals surface area (Å²) in [5, 5.41) is 2.76. The minimum Gasteiger partial charge on any atom is -0.378 e. The first kappa shape index (κ1) is 18.1. The molecule has 28 heavy (non-hydrogen) atoms. The van der Waals surface area contributed by atoms with Gasteiger partial charge in [0.15, 0.2) is 5.82 Å². The number of hydrogen-bond donors (Lipinski definition) is 1. The van der Waals surface area contributed by atoms with Gasteiger partial charge in [-0.25, -0.2) is 14.4 Å². The maximum absolute atomic E-state index is 13.1. The Kier molecular flexibility index (Phi) is 5.25. The zero-order chi connectivity index (χ0) is 19.3. The van der Waals surface area contributed by atoms with E-state index in [1.54, 1.807) is 6.07 Å². The number of morpholine rings is 1. The molecule has 1 aliphatic heterocycles. The summed E-state index contributed by atoms with van der Waals surface area (Å²) in [5.74, 6) is 0.428. The van der Waals surface area contributed by atoms with Crippen molar-refractivity contribution >= 4 is 17.4 Å². The van der Waals surface area contributed by atoms with Gasteiger partial charge in [-0.05, 0) is 24.3 Å². The van der Waals surface area contributed by atoms with Crippen LogP contribution in [0, 0.1) is 5.82 Å². The number of nitrogens with one attached hydrogen (secondary N) is 1. The molecule has 1 N–H and O–H groups in total. The topological polar surface area (TPSA) is 67.4 Å². The van der Waals surface area contributed by atoms with Crippen LogP contribution in [-0.2, 0) is 4.74 Å². The van der Waals surface area contributed by atoms with Crippen molar-refractivity contribution in [2.45, 2.75) is 0 Å². The van der Waals surface area contributed by atoms with Crippen molar-refractivity contribution in [1.82, 2.24) is 9.97 Å². The molecule has 7 heteroatoms. The van der Waals surface area contributed by atoms with E-state index in [-0.39, 0.29) is 17.4 Å². The summed E-state index contributed by atoms with van der Waals surface area (Å²) >= 11 is 0. The first-order chi connectivity index (χ1) is 13.7. The van der Waals surface area contributed by atoms with Crippen molar-refractivity contribution in [2.75, 3.05) is 36.5 Å². The van der Waals surface area contributed by atoms with Crippen LogP contribution in [0.15, 0.2) is 60.7 Å². The second-order valence-corrected chi connectivity index (χ2v) is 6.36. The number of benzene rings is 2. The summed E-state index contributed by atoms with van der Waals surface area (Å²) in [5.41, 5.74) is 1.58. The van der Waals surface area contributed by atoms with Gasteiger partial charge in [-0.2, -0.15) is 0 Å². The Morgan fingerprint density at radius 2 is 1.71 bits per heavy atom. The Morgan fingerprint density at radius 3 is 2.43 bits per heavy atom. The lowest BCUT2D eigenvalue weighted by atomic mass is 10.2. The molecule has 0 atom stereocenters. The number of nitrogens with zero attached hydrogens (tertiary/aromatic N) is 3. The SMILES string of the molecule is O=C(Nc1ccc(F)cc1)c1cc(N2CCOCC2)nc(-c2ccccc2)n1. The largest absolute Gasteiger partial charge is 0.378 e. The number of carbonyl (C=O) groups excluding carboxylic acids is 1. The van der Waals surface area contributed by atoms with Crippen LogP contribution in [-0.4, -0.2) is 42.2 Å². The second-order valence-electron chi connectivity index (χ2n) is 6.36. The molecule has 1 saturated heterocycles. The van der Waals surface area contributed by atoms with Gasteiger partial charge in [-0.15, -0.1) is 0 Å². The lowest BCUT2D eigenvalue weighted by Crippen LogP contribution is -2.37. The minimum atomic E-state index is -0.374. The van der Waals surface area contributed by atoms with Crippen molar-refractivity contribution < 1.29 is 13.9 Å². The number of amides is 1. The third-order valence-corrected chi connectivity index (χ3v) is 4.41. The average molecular weight is 378 g/mol. The van der Waals surface area contributed by atoms with Gasteiger partial charge in [0.2, 0.25) is 0 Å². The summed E-state index contributed by atoms with van der Waals surface area (Å²) < 4.78 is 18.5. The predicted molar refractivity (Wildman–Crippen MR) is 105 cm³/mol. The third kappa shape index (κ3) is 4.15. The molecule has 2 aromatic carbocycles. The van der Waals surface area contributed by atoms with Crippen LogP contribution in [0.25, 0.3) is 11.4 Å². The highest BCUT2D eigenvalue weighted by atomic mass is 19.1. The number of anilines is 2.